The standard InChI is InChI=1S/C25H33N5O.HI/c1-4-26-24(28-19-25(3,31)22-13-7-5-8-14-22)27-17-11-12-21-18-30(29-20(21)2)23-15-9-6-10-16-23;/h5-10,13-16,18,31H,4,11-12,17,19H2,1-3H3,(H2,26,27,28);1H. The van der Waals surface area contributed by atoms with Gasteiger partial charge in [0, 0.05) is 19.3 Å². The molecule has 1 heterocycles. The van der Waals surface area contributed by atoms with Crippen molar-refractivity contribution in [2.45, 2.75) is 39.2 Å². The number of aliphatic imine (C=N–C) groups is 1. The van der Waals surface area contributed by atoms with Crippen molar-refractivity contribution in [3.8, 4) is 5.69 Å². The van der Waals surface area contributed by atoms with Gasteiger partial charge in [0.05, 0.1) is 17.9 Å². The molecule has 2 aromatic carbocycles. The quantitative estimate of drug-likeness (QED) is 0.163. The molecular weight excluding hydrogens is 513 g/mol. The van der Waals surface area contributed by atoms with E-state index in [0.29, 0.717) is 0 Å². The van der Waals surface area contributed by atoms with Gasteiger partial charge in [0.1, 0.15) is 5.60 Å². The van der Waals surface area contributed by atoms with Crippen LogP contribution in [0.15, 0.2) is 71.9 Å². The maximum Gasteiger partial charge on any atom is 0.191 e. The summed E-state index contributed by atoms with van der Waals surface area (Å²) in [6, 6.07) is 19.8. The van der Waals surface area contributed by atoms with E-state index in [4.69, 9.17) is 0 Å². The van der Waals surface area contributed by atoms with Crippen LogP contribution < -0.4 is 10.6 Å². The lowest BCUT2D eigenvalue weighted by atomic mass is 9.96. The Kier molecular flexibility index (Phi) is 10.2. The molecule has 32 heavy (non-hydrogen) atoms. The van der Waals surface area contributed by atoms with Crippen LogP contribution in [0.3, 0.4) is 0 Å². The number of nitrogens with one attached hydrogen (secondary N) is 2. The average Bonchev–Trinajstić information content (AvgIpc) is 3.16. The summed E-state index contributed by atoms with van der Waals surface area (Å²) in [5.74, 6) is 0.718. The lowest BCUT2D eigenvalue weighted by molar-refractivity contribution is 0.0672. The second-order valence-electron chi connectivity index (χ2n) is 7.89. The van der Waals surface area contributed by atoms with Crippen LogP contribution in [0.5, 0.6) is 0 Å². The van der Waals surface area contributed by atoms with Gasteiger partial charge in [0.2, 0.25) is 0 Å². The number of nitrogens with zero attached hydrogens (tertiary/aromatic N) is 3. The third kappa shape index (κ3) is 7.34. The number of hydrogen-bond donors (Lipinski definition) is 3. The molecule has 7 heteroatoms. The molecule has 0 fully saturated rings. The van der Waals surface area contributed by atoms with Gasteiger partial charge in [-0.3, -0.25) is 0 Å². The van der Waals surface area contributed by atoms with E-state index in [9.17, 15) is 5.11 Å². The van der Waals surface area contributed by atoms with Crippen LogP contribution in [0, 0.1) is 6.92 Å². The van der Waals surface area contributed by atoms with Crippen LogP contribution in [0.4, 0.5) is 0 Å². The number of rotatable bonds is 9. The fourth-order valence-electron chi connectivity index (χ4n) is 3.40. The summed E-state index contributed by atoms with van der Waals surface area (Å²) in [5, 5.41) is 22.0. The summed E-state index contributed by atoms with van der Waals surface area (Å²) in [7, 11) is 0. The van der Waals surface area contributed by atoms with Gasteiger partial charge in [-0.1, -0.05) is 48.5 Å². The van der Waals surface area contributed by atoms with E-state index < -0.39 is 5.60 Å². The molecule has 1 unspecified atom stereocenters. The number of benzene rings is 2. The van der Waals surface area contributed by atoms with E-state index in [-0.39, 0.29) is 30.5 Å². The molecule has 0 aliphatic rings. The summed E-state index contributed by atoms with van der Waals surface area (Å²) in [5.41, 5.74) is 3.23. The highest BCUT2D eigenvalue weighted by Gasteiger charge is 2.22. The van der Waals surface area contributed by atoms with Gasteiger partial charge in [-0.25, -0.2) is 9.67 Å². The summed E-state index contributed by atoms with van der Waals surface area (Å²) in [6.45, 7) is 7.72. The monoisotopic (exact) mass is 547 g/mol. The molecule has 172 valence electrons. The molecule has 0 radical (unpaired) electrons. The minimum Gasteiger partial charge on any atom is -0.384 e. The van der Waals surface area contributed by atoms with Gasteiger partial charge in [-0.2, -0.15) is 5.10 Å². The van der Waals surface area contributed by atoms with E-state index in [1.165, 1.54) is 5.56 Å². The fraction of sp³-hybridized carbons (Fsp3) is 0.360. The highest BCUT2D eigenvalue weighted by atomic mass is 127. The van der Waals surface area contributed by atoms with Gasteiger partial charge in [0.15, 0.2) is 5.96 Å². The summed E-state index contributed by atoms with van der Waals surface area (Å²) in [4.78, 5) is 4.60. The van der Waals surface area contributed by atoms with Crippen molar-refractivity contribution < 1.29 is 5.11 Å². The van der Waals surface area contributed by atoms with Crippen molar-refractivity contribution in [1.82, 2.24) is 20.4 Å². The van der Waals surface area contributed by atoms with Crippen molar-refractivity contribution >= 4 is 29.9 Å². The number of halogens is 1. The molecule has 0 amide bonds. The third-order valence-electron chi connectivity index (χ3n) is 5.22. The number of aliphatic hydroxyl groups is 1. The van der Waals surface area contributed by atoms with E-state index >= 15 is 0 Å². The molecule has 0 saturated heterocycles. The van der Waals surface area contributed by atoms with Gasteiger partial charge in [-0.15, -0.1) is 24.0 Å². The normalized spacial score (nSPS) is 13.2. The molecule has 1 aromatic heterocycles. The first-order chi connectivity index (χ1) is 15.0. The Hall–Kier alpha value is -2.39. The maximum absolute atomic E-state index is 10.8. The molecule has 3 N–H and O–H groups in total. The molecule has 3 aromatic rings. The topological polar surface area (TPSA) is 74.5 Å². The van der Waals surface area contributed by atoms with Crippen molar-refractivity contribution in [3.63, 3.8) is 0 Å². The molecule has 0 bridgehead atoms. The van der Waals surface area contributed by atoms with E-state index in [2.05, 4.69) is 46.0 Å². The van der Waals surface area contributed by atoms with Crippen molar-refractivity contribution in [2.75, 3.05) is 19.6 Å². The van der Waals surface area contributed by atoms with E-state index in [1.807, 2.05) is 60.1 Å². The Balaban J connectivity index is 0.00000363. The van der Waals surface area contributed by atoms with Crippen molar-refractivity contribution in [2.24, 2.45) is 4.99 Å². The minimum absolute atomic E-state index is 0. The molecule has 0 aliphatic heterocycles. The highest BCUT2D eigenvalue weighted by molar-refractivity contribution is 14.0. The first-order valence-electron chi connectivity index (χ1n) is 10.9. The number of aryl methyl sites for hydroxylation is 2. The van der Waals surface area contributed by atoms with Crippen LogP contribution in [0.2, 0.25) is 0 Å². The highest BCUT2D eigenvalue weighted by Crippen LogP contribution is 2.20. The molecule has 0 aliphatic carbocycles. The maximum atomic E-state index is 10.8. The van der Waals surface area contributed by atoms with Crippen LogP contribution in [0.25, 0.3) is 5.69 Å². The van der Waals surface area contributed by atoms with Gasteiger partial charge >= 0.3 is 0 Å². The van der Waals surface area contributed by atoms with Gasteiger partial charge in [-0.05, 0) is 56.9 Å². The number of hydrogen-bond acceptors (Lipinski definition) is 3. The van der Waals surface area contributed by atoms with E-state index in [1.54, 1.807) is 6.92 Å². The zero-order valence-corrected chi connectivity index (χ0v) is 21.4. The number of aromatic nitrogens is 2. The molecular formula is C25H34IN5O. The van der Waals surface area contributed by atoms with Crippen LogP contribution in [-0.4, -0.2) is 40.5 Å². The molecule has 0 saturated carbocycles. The summed E-state index contributed by atoms with van der Waals surface area (Å²) in [6.07, 6.45) is 4.01. The summed E-state index contributed by atoms with van der Waals surface area (Å²) >= 11 is 0. The van der Waals surface area contributed by atoms with Gasteiger partial charge in [0.25, 0.3) is 0 Å². The number of para-hydroxylation sites is 1. The second kappa shape index (κ2) is 12.6. The SMILES string of the molecule is CCNC(=NCC(C)(O)c1ccccc1)NCCCc1cn(-c2ccccc2)nc1C.I. The Morgan fingerprint density at radius 2 is 1.72 bits per heavy atom. The van der Waals surface area contributed by atoms with Gasteiger partial charge < -0.3 is 15.7 Å². The first-order valence-corrected chi connectivity index (χ1v) is 10.9. The predicted octanol–water partition coefficient (Wildman–Crippen LogP) is 4.19. The largest absolute Gasteiger partial charge is 0.384 e. The predicted molar refractivity (Wildman–Crippen MR) is 142 cm³/mol. The first kappa shape index (κ1) is 25.9. The summed E-state index contributed by atoms with van der Waals surface area (Å²) < 4.78 is 1.94. The zero-order chi connectivity index (χ0) is 22.1. The third-order valence-corrected chi connectivity index (χ3v) is 5.22. The van der Waals surface area contributed by atoms with Crippen LogP contribution in [0.1, 0.15) is 37.1 Å². The van der Waals surface area contributed by atoms with Crippen LogP contribution >= 0.6 is 24.0 Å². The average molecular weight is 547 g/mol. The van der Waals surface area contributed by atoms with Crippen molar-refractivity contribution in [1.29, 1.82) is 0 Å². The molecule has 6 nitrogen and oxygen atoms in total. The molecule has 1 atom stereocenters. The lowest BCUT2D eigenvalue weighted by Crippen LogP contribution is -2.39. The number of guanidine groups is 1. The lowest BCUT2D eigenvalue weighted by Gasteiger charge is -2.22. The smallest absolute Gasteiger partial charge is 0.191 e. The minimum atomic E-state index is -1.01. The zero-order valence-electron chi connectivity index (χ0n) is 19.1. The Bertz CT molecular complexity index is 971. The Morgan fingerprint density at radius 3 is 2.38 bits per heavy atom. The molecule has 3 rings (SSSR count). The second-order valence-corrected chi connectivity index (χ2v) is 7.89. The Morgan fingerprint density at radius 1 is 1.06 bits per heavy atom. The van der Waals surface area contributed by atoms with E-state index in [0.717, 1.165) is 48.8 Å². The van der Waals surface area contributed by atoms with Crippen molar-refractivity contribution in [3.05, 3.63) is 83.7 Å². The molecule has 0 spiro atoms. The Labute approximate surface area is 208 Å². The fourth-order valence-corrected chi connectivity index (χ4v) is 3.40. The van der Waals surface area contributed by atoms with Crippen LogP contribution in [-0.2, 0) is 12.0 Å².